The number of hydrogen-bond donors (Lipinski definition) is 1. The minimum Gasteiger partial charge on any atom is -0.306 e. The van der Waals surface area contributed by atoms with Gasteiger partial charge in [0.15, 0.2) is 0 Å². The molecule has 2 heterocycles. The standard InChI is InChI=1S/C19H14N4O4S/c24-23(25)14-6-5-7-15(12-14)28(26,27)21-17-9-2-1-8-16(17)18-13-22-11-4-3-10-19(22)20-18/h1-13,21H. The van der Waals surface area contributed by atoms with Crippen molar-refractivity contribution < 1.29 is 13.3 Å². The third-order valence-electron chi connectivity index (χ3n) is 4.15. The van der Waals surface area contributed by atoms with Crippen molar-refractivity contribution in [2.75, 3.05) is 4.72 Å². The maximum absolute atomic E-state index is 12.8. The number of rotatable bonds is 5. The average Bonchev–Trinajstić information content (AvgIpc) is 3.12. The predicted octanol–water partition coefficient (Wildman–Crippen LogP) is 3.71. The number of imidazole rings is 1. The molecule has 0 spiro atoms. The molecule has 4 rings (SSSR count). The van der Waals surface area contributed by atoms with E-state index in [9.17, 15) is 18.5 Å². The third kappa shape index (κ3) is 3.30. The smallest absolute Gasteiger partial charge is 0.270 e. The van der Waals surface area contributed by atoms with E-state index in [-0.39, 0.29) is 10.6 Å². The number of nitrogens with one attached hydrogen (secondary N) is 1. The van der Waals surface area contributed by atoms with Crippen molar-refractivity contribution in [1.29, 1.82) is 0 Å². The van der Waals surface area contributed by atoms with Crippen LogP contribution in [0.5, 0.6) is 0 Å². The maximum atomic E-state index is 12.8. The van der Waals surface area contributed by atoms with Crippen molar-refractivity contribution in [3.8, 4) is 11.3 Å². The molecule has 0 saturated carbocycles. The van der Waals surface area contributed by atoms with E-state index in [1.807, 2.05) is 28.8 Å². The van der Waals surface area contributed by atoms with Crippen LogP contribution in [0.4, 0.5) is 11.4 Å². The number of non-ortho nitro benzene ring substituents is 1. The SMILES string of the molecule is O=[N+]([O-])c1cccc(S(=O)(=O)Nc2ccccc2-c2cn3ccccc3n2)c1. The molecule has 1 N–H and O–H groups in total. The van der Waals surface area contributed by atoms with Gasteiger partial charge >= 0.3 is 0 Å². The Hall–Kier alpha value is -3.72. The number of nitrogens with zero attached hydrogens (tertiary/aromatic N) is 3. The molecule has 140 valence electrons. The van der Waals surface area contributed by atoms with Gasteiger partial charge in [0.05, 0.1) is 21.2 Å². The fourth-order valence-electron chi connectivity index (χ4n) is 2.83. The van der Waals surface area contributed by atoms with Gasteiger partial charge in [-0.05, 0) is 24.3 Å². The van der Waals surface area contributed by atoms with Gasteiger partial charge in [-0.2, -0.15) is 0 Å². The summed E-state index contributed by atoms with van der Waals surface area (Å²) in [4.78, 5) is 14.6. The van der Waals surface area contributed by atoms with E-state index in [0.29, 0.717) is 16.9 Å². The van der Waals surface area contributed by atoms with E-state index in [1.165, 1.54) is 18.2 Å². The van der Waals surface area contributed by atoms with E-state index in [0.717, 1.165) is 11.7 Å². The molecule has 8 nitrogen and oxygen atoms in total. The second kappa shape index (κ2) is 6.78. The van der Waals surface area contributed by atoms with Gasteiger partial charge in [0.1, 0.15) is 5.65 Å². The summed E-state index contributed by atoms with van der Waals surface area (Å²) in [6.45, 7) is 0. The molecule has 0 saturated heterocycles. The molecule has 0 fully saturated rings. The van der Waals surface area contributed by atoms with Gasteiger partial charge < -0.3 is 4.40 Å². The van der Waals surface area contributed by atoms with Crippen LogP contribution < -0.4 is 4.72 Å². The molecule has 28 heavy (non-hydrogen) atoms. The van der Waals surface area contributed by atoms with E-state index in [4.69, 9.17) is 0 Å². The van der Waals surface area contributed by atoms with Gasteiger partial charge in [0, 0.05) is 30.1 Å². The zero-order chi connectivity index (χ0) is 19.7. The summed E-state index contributed by atoms with van der Waals surface area (Å²) in [5.41, 5.74) is 1.96. The maximum Gasteiger partial charge on any atom is 0.270 e. The number of fused-ring (bicyclic) bond motifs is 1. The lowest BCUT2D eigenvalue weighted by Crippen LogP contribution is -2.13. The summed E-state index contributed by atoms with van der Waals surface area (Å²) in [5.74, 6) is 0. The molecule has 0 atom stereocenters. The van der Waals surface area contributed by atoms with Crippen LogP contribution in [0.15, 0.2) is 84.0 Å². The minimum absolute atomic E-state index is 0.188. The number of pyridine rings is 1. The monoisotopic (exact) mass is 394 g/mol. The molecule has 9 heteroatoms. The van der Waals surface area contributed by atoms with Crippen LogP contribution in [-0.2, 0) is 10.0 Å². The van der Waals surface area contributed by atoms with Gasteiger partial charge in [-0.1, -0.05) is 30.3 Å². The first-order valence-electron chi connectivity index (χ1n) is 8.24. The van der Waals surface area contributed by atoms with Gasteiger partial charge in [-0.3, -0.25) is 14.8 Å². The quantitative estimate of drug-likeness (QED) is 0.410. The molecule has 0 bridgehead atoms. The van der Waals surface area contributed by atoms with Gasteiger partial charge in [-0.25, -0.2) is 13.4 Å². The molecular weight excluding hydrogens is 380 g/mol. The van der Waals surface area contributed by atoms with Crippen LogP contribution in [0.25, 0.3) is 16.9 Å². The Morgan fingerprint density at radius 2 is 1.79 bits per heavy atom. The summed E-state index contributed by atoms with van der Waals surface area (Å²) < 4.78 is 29.9. The van der Waals surface area contributed by atoms with Crippen molar-refractivity contribution in [2.24, 2.45) is 0 Å². The van der Waals surface area contributed by atoms with Gasteiger partial charge in [0.2, 0.25) is 0 Å². The molecule has 2 aromatic heterocycles. The zero-order valence-corrected chi connectivity index (χ0v) is 15.2. The summed E-state index contributed by atoms with van der Waals surface area (Å²) in [7, 11) is -4.02. The van der Waals surface area contributed by atoms with E-state index < -0.39 is 14.9 Å². The normalized spacial score (nSPS) is 11.4. The van der Waals surface area contributed by atoms with Crippen molar-refractivity contribution in [3.63, 3.8) is 0 Å². The molecule has 0 aliphatic rings. The summed E-state index contributed by atoms with van der Waals surface area (Å²) in [5, 5.41) is 10.9. The van der Waals surface area contributed by atoms with E-state index >= 15 is 0 Å². The first-order chi connectivity index (χ1) is 13.4. The number of hydrogen-bond acceptors (Lipinski definition) is 5. The highest BCUT2D eigenvalue weighted by molar-refractivity contribution is 7.92. The second-order valence-corrected chi connectivity index (χ2v) is 7.68. The highest BCUT2D eigenvalue weighted by Crippen LogP contribution is 2.29. The Morgan fingerprint density at radius 1 is 1.00 bits per heavy atom. The molecule has 0 aliphatic carbocycles. The highest BCUT2D eigenvalue weighted by Gasteiger charge is 2.20. The van der Waals surface area contributed by atoms with Crippen LogP contribution in [-0.4, -0.2) is 22.7 Å². The zero-order valence-electron chi connectivity index (χ0n) is 14.4. The van der Waals surface area contributed by atoms with E-state index in [2.05, 4.69) is 9.71 Å². The largest absolute Gasteiger partial charge is 0.306 e. The lowest BCUT2D eigenvalue weighted by atomic mass is 10.1. The number of aromatic nitrogens is 2. The Bertz CT molecular complexity index is 1270. The molecular formula is C19H14N4O4S. The fourth-order valence-corrected chi connectivity index (χ4v) is 3.95. The van der Waals surface area contributed by atoms with Gasteiger partial charge in [-0.15, -0.1) is 0 Å². The van der Waals surface area contributed by atoms with Crippen molar-refractivity contribution in [1.82, 2.24) is 9.38 Å². The van der Waals surface area contributed by atoms with Crippen molar-refractivity contribution >= 4 is 27.0 Å². The van der Waals surface area contributed by atoms with Crippen LogP contribution >= 0.6 is 0 Å². The highest BCUT2D eigenvalue weighted by atomic mass is 32.2. The fraction of sp³-hybridized carbons (Fsp3) is 0. The first kappa shape index (κ1) is 17.7. The first-order valence-corrected chi connectivity index (χ1v) is 9.73. The van der Waals surface area contributed by atoms with Crippen LogP contribution in [0.3, 0.4) is 0 Å². The van der Waals surface area contributed by atoms with Crippen LogP contribution in [0.2, 0.25) is 0 Å². The Morgan fingerprint density at radius 3 is 2.57 bits per heavy atom. The number of anilines is 1. The summed E-state index contributed by atoms with van der Waals surface area (Å²) >= 11 is 0. The number of benzene rings is 2. The van der Waals surface area contributed by atoms with Crippen molar-refractivity contribution in [2.45, 2.75) is 4.90 Å². The molecule has 2 aromatic carbocycles. The minimum atomic E-state index is -4.02. The number of nitro benzene ring substituents is 1. The van der Waals surface area contributed by atoms with Crippen LogP contribution in [0, 0.1) is 10.1 Å². The molecule has 0 radical (unpaired) electrons. The lowest BCUT2D eigenvalue weighted by Gasteiger charge is -2.11. The Labute approximate surface area is 160 Å². The number of para-hydroxylation sites is 1. The molecule has 0 aliphatic heterocycles. The third-order valence-corrected chi connectivity index (χ3v) is 5.51. The average molecular weight is 394 g/mol. The Balaban J connectivity index is 1.74. The topological polar surface area (TPSA) is 107 Å². The van der Waals surface area contributed by atoms with Gasteiger partial charge in [0.25, 0.3) is 15.7 Å². The van der Waals surface area contributed by atoms with E-state index in [1.54, 1.807) is 30.5 Å². The summed E-state index contributed by atoms with van der Waals surface area (Å²) in [6, 6.07) is 17.3. The molecule has 4 aromatic rings. The van der Waals surface area contributed by atoms with Crippen LogP contribution in [0.1, 0.15) is 0 Å². The lowest BCUT2D eigenvalue weighted by molar-refractivity contribution is -0.385. The second-order valence-electron chi connectivity index (χ2n) is 6.00. The van der Waals surface area contributed by atoms with Crippen molar-refractivity contribution in [3.05, 3.63) is 89.2 Å². The Kier molecular flexibility index (Phi) is 4.28. The number of sulfonamides is 1. The number of nitro groups is 1. The molecule has 0 amide bonds. The molecule has 0 unspecified atom stereocenters. The predicted molar refractivity (Wildman–Crippen MR) is 105 cm³/mol. The summed E-state index contributed by atoms with van der Waals surface area (Å²) in [6.07, 6.45) is 3.65.